The Hall–Kier alpha value is -1.90. The number of benzene rings is 1. The number of aryl methyl sites for hydroxylation is 1. The largest absolute Gasteiger partial charge is 0.381 e. The van der Waals surface area contributed by atoms with Gasteiger partial charge < -0.3 is 5.32 Å². The number of rotatable bonds is 3. The second-order valence-corrected chi connectivity index (χ2v) is 3.67. The van der Waals surface area contributed by atoms with Crippen LogP contribution in [0.4, 0.5) is 10.1 Å². The molecule has 0 atom stereocenters. The smallest absolute Gasteiger partial charge is 0.123 e. The van der Waals surface area contributed by atoms with Gasteiger partial charge in [0.15, 0.2) is 0 Å². The van der Waals surface area contributed by atoms with Gasteiger partial charge in [-0.15, -0.1) is 0 Å². The molecule has 0 aliphatic heterocycles. The van der Waals surface area contributed by atoms with Crippen molar-refractivity contribution >= 4 is 5.69 Å². The van der Waals surface area contributed by atoms with Gasteiger partial charge in [-0.05, 0) is 36.2 Å². The van der Waals surface area contributed by atoms with E-state index in [1.54, 1.807) is 18.5 Å². The summed E-state index contributed by atoms with van der Waals surface area (Å²) in [6, 6.07) is 8.50. The number of nitrogens with one attached hydrogen (secondary N) is 1. The van der Waals surface area contributed by atoms with Crippen LogP contribution in [0.25, 0.3) is 0 Å². The lowest BCUT2D eigenvalue weighted by atomic mass is 10.2. The van der Waals surface area contributed by atoms with Crippen LogP contribution in [-0.2, 0) is 6.54 Å². The van der Waals surface area contributed by atoms with E-state index in [0.717, 1.165) is 16.8 Å². The molecule has 0 saturated carbocycles. The van der Waals surface area contributed by atoms with Crippen molar-refractivity contribution in [3.8, 4) is 0 Å². The molecule has 0 fully saturated rings. The first-order valence-corrected chi connectivity index (χ1v) is 5.14. The SMILES string of the molecule is Cc1cnccc1NCc1cccc(F)c1. The average Bonchev–Trinajstić information content (AvgIpc) is 2.28. The van der Waals surface area contributed by atoms with Gasteiger partial charge in [0.1, 0.15) is 5.82 Å². The van der Waals surface area contributed by atoms with E-state index in [-0.39, 0.29) is 5.82 Å². The molecule has 0 bridgehead atoms. The molecule has 0 aliphatic rings. The summed E-state index contributed by atoms with van der Waals surface area (Å²) in [4.78, 5) is 4.01. The summed E-state index contributed by atoms with van der Waals surface area (Å²) in [5.41, 5.74) is 3.04. The molecule has 1 aromatic heterocycles. The lowest BCUT2D eigenvalue weighted by Crippen LogP contribution is -2.01. The van der Waals surface area contributed by atoms with E-state index in [9.17, 15) is 4.39 Å². The van der Waals surface area contributed by atoms with E-state index < -0.39 is 0 Å². The monoisotopic (exact) mass is 216 g/mol. The fourth-order valence-electron chi connectivity index (χ4n) is 1.52. The minimum absolute atomic E-state index is 0.203. The van der Waals surface area contributed by atoms with Crippen molar-refractivity contribution in [1.29, 1.82) is 0 Å². The topological polar surface area (TPSA) is 24.9 Å². The van der Waals surface area contributed by atoms with E-state index in [4.69, 9.17) is 0 Å². The molecule has 0 amide bonds. The summed E-state index contributed by atoms with van der Waals surface area (Å²) in [5, 5.41) is 3.25. The predicted octanol–water partition coefficient (Wildman–Crippen LogP) is 3.14. The van der Waals surface area contributed by atoms with Gasteiger partial charge >= 0.3 is 0 Å². The molecular weight excluding hydrogens is 203 g/mol. The molecule has 3 heteroatoms. The number of pyridine rings is 1. The summed E-state index contributed by atoms with van der Waals surface area (Å²) in [6.45, 7) is 2.60. The quantitative estimate of drug-likeness (QED) is 0.852. The van der Waals surface area contributed by atoms with Crippen LogP contribution in [0.5, 0.6) is 0 Å². The third-order valence-electron chi connectivity index (χ3n) is 2.39. The van der Waals surface area contributed by atoms with Crippen molar-refractivity contribution in [2.45, 2.75) is 13.5 Å². The molecule has 2 rings (SSSR count). The van der Waals surface area contributed by atoms with Crippen LogP contribution in [0.2, 0.25) is 0 Å². The Morgan fingerprint density at radius 3 is 2.94 bits per heavy atom. The maximum atomic E-state index is 12.9. The Balaban J connectivity index is 2.05. The van der Waals surface area contributed by atoms with Gasteiger partial charge in [-0.1, -0.05) is 12.1 Å². The predicted molar refractivity (Wildman–Crippen MR) is 62.7 cm³/mol. The first kappa shape index (κ1) is 10.6. The molecule has 1 heterocycles. The maximum Gasteiger partial charge on any atom is 0.123 e. The van der Waals surface area contributed by atoms with Crippen LogP contribution in [0, 0.1) is 12.7 Å². The summed E-state index contributed by atoms with van der Waals surface area (Å²) in [6.07, 6.45) is 3.54. The van der Waals surface area contributed by atoms with Gasteiger partial charge in [-0.25, -0.2) is 4.39 Å². The number of halogens is 1. The third kappa shape index (κ3) is 2.57. The fraction of sp³-hybridized carbons (Fsp3) is 0.154. The summed E-state index contributed by atoms with van der Waals surface area (Å²) < 4.78 is 12.9. The number of anilines is 1. The minimum Gasteiger partial charge on any atom is -0.381 e. The first-order valence-electron chi connectivity index (χ1n) is 5.14. The van der Waals surface area contributed by atoms with Crippen molar-refractivity contribution in [3.05, 3.63) is 59.7 Å². The zero-order chi connectivity index (χ0) is 11.4. The van der Waals surface area contributed by atoms with Gasteiger partial charge in [-0.3, -0.25) is 4.98 Å². The Morgan fingerprint density at radius 1 is 1.31 bits per heavy atom. The van der Waals surface area contributed by atoms with Crippen molar-refractivity contribution in [3.63, 3.8) is 0 Å². The standard InChI is InChI=1S/C13H13FN2/c1-10-8-15-6-5-13(10)16-9-11-3-2-4-12(14)7-11/h2-8H,9H2,1H3,(H,15,16). The lowest BCUT2D eigenvalue weighted by molar-refractivity contribution is 0.626. The maximum absolute atomic E-state index is 12.9. The number of aromatic nitrogens is 1. The molecule has 0 aliphatic carbocycles. The molecular formula is C13H13FN2. The lowest BCUT2D eigenvalue weighted by Gasteiger charge is -2.08. The summed E-state index contributed by atoms with van der Waals surface area (Å²) in [5.74, 6) is -0.203. The van der Waals surface area contributed by atoms with Crippen LogP contribution in [-0.4, -0.2) is 4.98 Å². The molecule has 0 saturated heterocycles. The highest BCUT2D eigenvalue weighted by Gasteiger charge is 1.98. The zero-order valence-electron chi connectivity index (χ0n) is 9.07. The van der Waals surface area contributed by atoms with E-state index in [2.05, 4.69) is 10.3 Å². The van der Waals surface area contributed by atoms with E-state index in [0.29, 0.717) is 6.54 Å². The Kier molecular flexibility index (Phi) is 3.15. The van der Waals surface area contributed by atoms with Crippen LogP contribution in [0.1, 0.15) is 11.1 Å². The van der Waals surface area contributed by atoms with Gasteiger partial charge in [0.2, 0.25) is 0 Å². The zero-order valence-corrected chi connectivity index (χ0v) is 9.07. The molecule has 0 unspecified atom stereocenters. The van der Waals surface area contributed by atoms with Crippen LogP contribution >= 0.6 is 0 Å². The normalized spacial score (nSPS) is 10.1. The summed E-state index contributed by atoms with van der Waals surface area (Å²) in [7, 11) is 0. The van der Waals surface area contributed by atoms with E-state index in [1.165, 1.54) is 12.1 Å². The molecule has 16 heavy (non-hydrogen) atoms. The number of hydrogen-bond donors (Lipinski definition) is 1. The van der Waals surface area contributed by atoms with Gasteiger partial charge in [0, 0.05) is 24.6 Å². The van der Waals surface area contributed by atoms with Crippen molar-refractivity contribution in [2.24, 2.45) is 0 Å². The molecule has 0 spiro atoms. The molecule has 1 N–H and O–H groups in total. The highest BCUT2D eigenvalue weighted by atomic mass is 19.1. The molecule has 0 radical (unpaired) electrons. The Morgan fingerprint density at radius 2 is 2.19 bits per heavy atom. The number of hydrogen-bond acceptors (Lipinski definition) is 2. The van der Waals surface area contributed by atoms with Crippen LogP contribution < -0.4 is 5.32 Å². The fourth-order valence-corrected chi connectivity index (χ4v) is 1.52. The van der Waals surface area contributed by atoms with Crippen molar-refractivity contribution in [2.75, 3.05) is 5.32 Å². The van der Waals surface area contributed by atoms with Crippen molar-refractivity contribution in [1.82, 2.24) is 4.98 Å². The summed E-state index contributed by atoms with van der Waals surface area (Å²) >= 11 is 0. The van der Waals surface area contributed by atoms with Crippen LogP contribution in [0.3, 0.4) is 0 Å². The number of nitrogens with zero attached hydrogens (tertiary/aromatic N) is 1. The second-order valence-electron chi connectivity index (χ2n) is 3.67. The third-order valence-corrected chi connectivity index (χ3v) is 2.39. The Bertz CT molecular complexity index is 483. The van der Waals surface area contributed by atoms with E-state index >= 15 is 0 Å². The van der Waals surface area contributed by atoms with Crippen molar-refractivity contribution < 1.29 is 4.39 Å². The average molecular weight is 216 g/mol. The van der Waals surface area contributed by atoms with Gasteiger partial charge in [-0.2, -0.15) is 0 Å². The molecule has 1 aromatic carbocycles. The Labute approximate surface area is 94.2 Å². The first-order chi connectivity index (χ1) is 7.75. The van der Waals surface area contributed by atoms with Crippen LogP contribution in [0.15, 0.2) is 42.7 Å². The minimum atomic E-state index is -0.203. The highest BCUT2D eigenvalue weighted by Crippen LogP contribution is 2.13. The van der Waals surface area contributed by atoms with Gasteiger partial charge in [0.25, 0.3) is 0 Å². The molecule has 2 aromatic rings. The molecule has 2 nitrogen and oxygen atoms in total. The second kappa shape index (κ2) is 4.75. The van der Waals surface area contributed by atoms with Gasteiger partial charge in [0.05, 0.1) is 0 Å². The molecule has 82 valence electrons. The highest BCUT2D eigenvalue weighted by molar-refractivity contribution is 5.48. The van der Waals surface area contributed by atoms with E-state index in [1.807, 2.05) is 19.1 Å².